The molecule has 1 aliphatic rings. The predicted molar refractivity (Wildman–Crippen MR) is 84.3 cm³/mol. The molecule has 3 N–H and O–H groups in total. The van der Waals surface area contributed by atoms with Gasteiger partial charge in [0.1, 0.15) is 4.90 Å². The van der Waals surface area contributed by atoms with Gasteiger partial charge in [-0.3, -0.25) is 4.79 Å². The topological polar surface area (TPSA) is 110 Å². The summed E-state index contributed by atoms with van der Waals surface area (Å²) in [6.07, 6.45) is 1.41. The number of amides is 1. The molecule has 1 aromatic carbocycles. The fourth-order valence-electron chi connectivity index (χ4n) is 2.70. The Labute approximate surface area is 132 Å². The molecule has 23 heavy (non-hydrogen) atoms. The van der Waals surface area contributed by atoms with Crippen molar-refractivity contribution in [2.75, 3.05) is 7.05 Å². The standard InChI is InChI=1S/C15H13N3O4S/c1-18(12-8-4-5-9-17-12)13(15(16)20)14(19)10-6-2-3-7-11(10)23(18,21)22/h2-9H,1H3,(H2-,16,19,20)/p+1. The smallest absolute Gasteiger partial charge is 0.338 e. The van der Waals surface area contributed by atoms with Gasteiger partial charge in [0.15, 0.2) is 5.76 Å². The minimum absolute atomic E-state index is 0.0489. The van der Waals surface area contributed by atoms with Crippen LogP contribution in [0, 0.1) is 0 Å². The van der Waals surface area contributed by atoms with E-state index >= 15 is 0 Å². The number of fused-ring (bicyclic) bond motifs is 1. The number of aliphatic hydroxyl groups is 1. The summed E-state index contributed by atoms with van der Waals surface area (Å²) in [5.41, 5.74) is 4.99. The van der Waals surface area contributed by atoms with Crippen LogP contribution in [0.3, 0.4) is 0 Å². The summed E-state index contributed by atoms with van der Waals surface area (Å²) in [5.74, 6) is -1.44. The normalized spacial score (nSPS) is 22.5. The first-order valence-electron chi connectivity index (χ1n) is 6.68. The number of nitrogens with zero attached hydrogens (tertiary/aromatic N) is 2. The van der Waals surface area contributed by atoms with Gasteiger partial charge in [0.05, 0.1) is 7.05 Å². The first-order chi connectivity index (χ1) is 10.8. The van der Waals surface area contributed by atoms with E-state index in [1.807, 2.05) is 0 Å². The van der Waals surface area contributed by atoms with Gasteiger partial charge < -0.3 is 10.8 Å². The van der Waals surface area contributed by atoms with Crippen LogP contribution in [-0.2, 0) is 14.8 Å². The van der Waals surface area contributed by atoms with Gasteiger partial charge in [0.2, 0.25) is 5.82 Å². The van der Waals surface area contributed by atoms with Crippen molar-refractivity contribution in [2.45, 2.75) is 4.90 Å². The second-order valence-corrected chi connectivity index (χ2v) is 7.27. The van der Waals surface area contributed by atoms with Crippen molar-refractivity contribution in [3.05, 3.63) is 59.9 Å². The summed E-state index contributed by atoms with van der Waals surface area (Å²) in [6.45, 7) is 0. The SMILES string of the molecule is C[N+]1(c2ccccn2)C(C(N)=O)=C(O)c2ccccc2S1(=O)=O. The highest BCUT2D eigenvalue weighted by atomic mass is 32.2. The zero-order valence-corrected chi connectivity index (χ0v) is 13.0. The molecule has 2 heterocycles. The third-order valence-electron chi connectivity index (χ3n) is 3.87. The molecule has 0 saturated heterocycles. The van der Waals surface area contributed by atoms with E-state index in [0.717, 1.165) is 0 Å². The van der Waals surface area contributed by atoms with Crippen molar-refractivity contribution in [3.8, 4) is 0 Å². The Bertz CT molecular complexity index is 938. The number of carbonyl (C=O) groups is 1. The lowest BCUT2D eigenvalue weighted by molar-refractivity contribution is -0.115. The molecule has 1 aliphatic heterocycles. The number of nitrogens with two attached hydrogens (primary N) is 1. The van der Waals surface area contributed by atoms with E-state index in [1.165, 1.54) is 31.4 Å². The number of likely N-dealkylation sites (N-methyl/N-ethyl adjacent to an activating group) is 1. The summed E-state index contributed by atoms with van der Waals surface area (Å²) in [4.78, 5) is 15.9. The van der Waals surface area contributed by atoms with Crippen molar-refractivity contribution in [1.29, 1.82) is 0 Å². The summed E-state index contributed by atoms with van der Waals surface area (Å²) in [7, 11) is -2.84. The number of benzene rings is 1. The van der Waals surface area contributed by atoms with Crippen molar-refractivity contribution < 1.29 is 18.3 Å². The van der Waals surface area contributed by atoms with Gasteiger partial charge in [0.25, 0.3) is 5.70 Å². The van der Waals surface area contributed by atoms with Crippen LogP contribution in [0.5, 0.6) is 0 Å². The van der Waals surface area contributed by atoms with Crippen LogP contribution in [0.1, 0.15) is 5.56 Å². The Kier molecular flexibility index (Phi) is 3.24. The Morgan fingerprint density at radius 2 is 1.83 bits per heavy atom. The molecule has 1 amide bonds. The number of primary amides is 1. The molecule has 0 radical (unpaired) electrons. The average Bonchev–Trinajstić information content (AvgIpc) is 2.54. The Balaban J connectivity index is 2.49. The molecule has 8 heteroatoms. The van der Waals surface area contributed by atoms with Crippen molar-refractivity contribution >= 4 is 27.5 Å². The number of rotatable bonds is 2. The fourth-order valence-corrected chi connectivity index (χ4v) is 4.56. The highest BCUT2D eigenvalue weighted by molar-refractivity contribution is 7.91. The lowest BCUT2D eigenvalue weighted by Crippen LogP contribution is -2.55. The van der Waals surface area contributed by atoms with E-state index in [4.69, 9.17) is 5.73 Å². The van der Waals surface area contributed by atoms with Crippen LogP contribution in [0.4, 0.5) is 5.82 Å². The molecule has 0 fully saturated rings. The van der Waals surface area contributed by atoms with Gasteiger partial charge in [-0.1, -0.05) is 18.2 Å². The third kappa shape index (κ3) is 1.89. The first kappa shape index (κ1) is 15.2. The lowest BCUT2D eigenvalue weighted by Gasteiger charge is -2.34. The van der Waals surface area contributed by atoms with E-state index in [2.05, 4.69) is 4.98 Å². The first-order valence-corrected chi connectivity index (χ1v) is 8.12. The van der Waals surface area contributed by atoms with Crippen LogP contribution in [0.15, 0.2) is 59.3 Å². The van der Waals surface area contributed by atoms with Crippen LogP contribution >= 0.6 is 0 Å². The quantitative estimate of drug-likeness (QED) is 0.801. The molecule has 0 saturated carbocycles. The minimum Gasteiger partial charge on any atom is -0.502 e. The van der Waals surface area contributed by atoms with Crippen molar-refractivity contribution in [3.63, 3.8) is 0 Å². The molecule has 2 aromatic rings. The summed E-state index contributed by atoms with van der Waals surface area (Å²) in [6, 6.07) is 10.6. The van der Waals surface area contributed by atoms with Gasteiger partial charge in [-0.05, 0) is 18.2 Å². The molecule has 7 nitrogen and oxygen atoms in total. The second kappa shape index (κ2) is 4.90. The second-order valence-electron chi connectivity index (χ2n) is 5.14. The molecule has 0 aliphatic carbocycles. The van der Waals surface area contributed by atoms with E-state index < -0.39 is 31.3 Å². The van der Waals surface area contributed by atoms with E-state index in [9.17, 15) is 18.3 Å². The van der Waals surface area contributed by atoms with Crippen LogP contribution in [0.2, 0.25) is 0 Å². The maximum absolute atomic E-state index is 13.2. The van der Waals surface area contributed by atoms with Gasteiger partial charge >= 0.3 is 15.9 Å². The number of aromatic nitrogens is 1. The molecular formula is C15H14N3O4S+. The van der Waals surface area contributed by atoms with E-state index in [-0.39, 0.29) is 16.3 Å². The number of carbonyl (C=O) groups excluding carboxylic acids is 1. The third-order valence-corrected chi connectivity index (χ3v) is 6.11. The molecule has 1 aromatic heterocycles. The number of hydrogen-bond donors (Lipinski definition) is 2. The Morgan fingerprint density at radius 3 is 2.43 bits per heavy atom. The largest absolute Gasteiger partial charge is 0.502 e. The molecule has 0 spiro atoms. The van der Waals surface area contributed by atoms with Gasteiger partial charge in [-0.15, -0.1) is 3.89 Å². The zero-order valence-electron chi connectivity index (χ0n) is 12.2. The summed E-state index contributed by atoms with van der Waals surface area (Å²) < 4.78 is 25.3. The fraction of sp³-hybridized carbons (Fsp3) is 0.0667. The number of hydrogen-bond acceptors (Lipinski definition) is 5. The van der Waals surface area contributed by atoms with E-state index in [1.54, 1.807) is 24.3 Å². The Hall–Kier alpha value is -2.71. The van der Waals surface area contributed by atoms with Crippen LogP contribution in [-0.4, -0.2) is 31.5 Å². The van der Waals surface area contributed by atoms with Crippen molar-refractivity contribution in [2.24, 2.45) is 5.73 Å². The zero-order chi connectivity index (χ0) is 16.8. The van der Waals surface area contributed by atoms with E-state index in [0.29, 0.717) is 0 Å². The summed E-state index contributed by atoms with van der Waals surface area (Å²) >= 11 is 0. The minimum atomic E-state index is -4.11. The van der Waals surface area contributed by atoms with Crippen molar-refractivity contribution in [1.82, 2.24) is 8.87 Å². The monoisotopic (exact) mass is 332 g/mol. The average molecular weight is 332 g/mol. The molecule has 118 valence electrons. The highest BCUT2D eigenvalue weighted by Crippen LogP contribution is 2.42. The number of sulfonamides is 1. The molecule has 0 bridgehead atoms. The van der Waals surface area contributed by atoms with Gasteiger partial charge in [-0.25, -0.2) is 4.98 Å². The molecule has 1 unspecified atom stereocenters. The lowest BCUT2D eigenvalue weighted by atomic mass is 10.1. The van der Waals surface area contributed by atoms with Gasteiger partial charge in [-0.2, -0.15) is 8.42 Å². The maximum Gasteiger partial charge on any atom is 0.338 e. The maximum atomic E-state index is 13.2. The number of aliphatic hydroxyl groups excluding tert-OH is 1. The molecular weight excluding hydrogens is 318 g/mol. The highest BCUT2D eigenvalue weighted by Gasteiger charge is 2.55. The predicted octanol–water partition coefficient (Wildman–Crippen LogP) is 1.13. The number of quaternary nitrogens is 1. The number of pyridine rings is 1. The Morgan fingerprint density at radius 1 is 1.17 bits per heavy atom. The van der Waals surface area contributed by atoms with Crippen LogP contribution < -0.4 is 9.62 Å². The molecule has 1 atom stereocenters. The summed E-state index contributed by atoms with van der Waals surface area (Å²) in [5, 5.41) is 10.5. The van der Waals surface area contributed by atoms with Crippen LogP contribution in [0.25, 0.3) is 5.76 Å². The van der Waals surface area contributed by atoms with Gasteiger partial charge in [0, 0.05) is 17.8 Å². The molecule has 3 rings (SSSR count).